The summed E-state index contributed by atoms with van der Waals surface area (Å²) in [5.41, 5.74) is 0.634. The van der Waals surface area contributed by atoms with E-state index in [4.69, 9.17) is 0 Å². The van der Waals surface area contributed by atoms with Crippen LogP contribution >= 0.6 is 27.3 Å². The normalized spacial score (nSPS) is 11.6. The minimum atomic E-state index is -2.84. The average Bonchev–Trinajstić information content (AvgIpc) is 2.94. The molecule has 1 aromatic carbocycles. The monoisotopic (exact) mass is 403 g/mol. The number of thiophene rings is 1. The molecule has 0 aliphatic heterocycles. The second-order valence-corrected chi connectivity index (χ2v) is 6.41. The van der Waals surface area contributed by atoms with Crippen LogP contribution in [0.3, 0.4) is 0 Å². The molecule has 124 valence electrons. The molecule has 0 bridgehead atoms. The van der Waals surface area contributed by atoms with Crippen molar-refractivity contribution < 1.29 is 13.5 Å². The molecule has 0 radical (unpaired) electrons. The zero-order valence-corrected chi connectivity index (χ0v) is 14.8. The maximum Gasteiger partial charge on any atom is 0.387 e. The van der Waals surface area contributed by atoms with Gasteiger partial charge in [0.05, 0.1) is 6.54 Å². The Morgan fingerprint density at radius 1 is 1.30 bits per heavy atom. The molecule has 8 heteroatoms. The van der Waals surface area contributed by atoms with Crippen molar-refractivity contribution >= 4 is 33.2 Å². The third-order valence-corrected chi connectivity index (χ3v) is 4.61. The number of alkyl halides is 2. The van der Waals surface area contributed by atoms with Crippen molar-refractivity contribution in [3.63, 3.8) is 0 Å². The minimum absolute atomic E-state index is 0.160. The Labute approximate surface area is 145 Å². The lowest BCUT2D eigenvalue weighted by atomic mass is 10.2. The SMILES string of the molecule is CN=C(NCc1cc(Br)cs1)NCc1ccccc1OC(F)F. The lowest BCUT2D eigenvalue weighted by Gasteiger charge is -2.14. The molecule has 2 aromatic rings. The Balaban J connectivity index is 1.90. The summed E-state index contributed by atoms with van der Waals surface area (Å²) in [7, 11) is 1.65. The van der Waals surface area contributed by atoms with Crippen LogP contribution in [0.1, 0.15) is 10.4 Å². The molecule has 2 rings (SSSR count). The van der Waals surface area contributed by atoms with Crippen molar-refractivity contribution in [1.82, 2.24) is 10.6 Å². The summed E-state index contributed by atoms with van der Waals surface area (Å²) in [5.74, 6) is 0.744. The van der Waals surface area contributed by atoms with Crippen LogP contribution in [0.4, 0.5) is 8.78 Å². The molecule has 0 amide bonds. The summed E-state index contributed by atoms with van der Waals surface area (Å²) in [6.07, 6.45) is 0. The highest BCUT2D eigenvalue weighted by Crippen LogP contribution is 2.20. The molecule has 1 aromatic heterocycles. The Bertz CT molecular complexity index is 664. The predicted molar refractivity (Wildman–Crippen MR) is 92.1 cm³/mol. The maximum absolute atomic E-state index is 12.4. The van der Waals surface area contributed by atoms with Gasteiger partial charge in [-0.3, -0.25) is 4.99 Å². The summed E-state index contributed by atoms with van der Waals surface area (Å²) in [4.78, 5) is 5.27. The number of halogens is 3. The van der Waals surface area contributed by atoms with Crippen LogP contribution in [-0.2, 0) is 13.1 Å². The number of aliphatic imine (C=N–C) groups is 1. The zero-order valence-electron chi connectivity index (χ0n) is 12.4. The Kier molecular flexibility index (Phi) is 6.79. The van der Waals surface area contributed by atoms with Gasteiger partial charge in [0.25, 0.3) is 0 Å². The van der Waals surface area contributed by atoms with Gasteiger partial charge in [0, 0.05) is 33.9 Å². The molecule has 1 heterocycles. The molecular weight excluding hydrogens is 388 g/mol. The highest BCUT2D eigenvalue weighted by molar-refractivity contribution is 9.10. The first-order valence-corrected chi connectivity index (χ1v) is 8.46. The summed E-state index contributed by atoms with van der Waals surface area (Å²) in [6, 6.07) is 8.70. The Morgan fingerprint density at radius 2 is 2.04 bits per heavy atom. The van der Waals surface area contributed by atoms with Gasteiger partial charge in [-0.2, -0.15) is 8.78 Å². The quantitative estimate of drug-likeness (QED) is 0.566. The third-order valence-electron chi connectivity index (χ3n) is 2.91. The van der Waals surface area contributed by atoms with E-state index < -0.39 is 6.61 Å². The number of nitrogens with one attached hydrogen (secondary N) is 2. The number of guanidine groups is 1. The van der Waals surface area contributed by atoms with E-state index in [0.717, 1.165) is 9.35 Å². The molecule has 0 unspecified atom stereocenters. The minimum Gasteiger partial charge on any atom is -0.434 e. The van der Waals surface area contributed by atoms with E-state index in [2.05, 4.69) is 36.3 Å². The first kappa shape index (κ1) is 17.7. The van der Waals surface area contributed by atoms with E-state index in [1.807, 2.05) is 11.4 Å². The van der Waals surface area contributed by atoms with Crippen LogP contribution in [-0.4, -0.2) is 19.6 Å². The number of hydrogen-bond donors (Lipinski definition) is 2. The molecular formula is C15H16BrF2N3OS. The van der Waals surface area contributed by atoms with Crippen molar-refractivity contribution in [2.45, 2.75) is 19.7 Å². The zero-order chi connectivity index (χ0) is 16.7. The van der Waals surface area contributed by atoms with Gasteiger partial charge in [-0.1, -0.05) is 18.2 Å². The van der Waals surface area contributed by atoms with E-state index in [1.165, 1.54) is 6.07 Å². The van der Waals surface area contributed by atoms with E-state index in [1.54, 1.807) is 36.6 Å². The van der Waals surface area contributed by atoms with E-state index in [0.29, 0.717) is 24.6 Å². The average molecular weight is 404 g/mol. The summed E-state index contributed by atoms with van der Waals surface area (Å²) in [5, 5.41) is 8.26. The summed E-state index contributed by atoms with van der Waals surface area (Å²) >= 11 is 5.04. The largest absolute Gasteiger partial charge is 0.434 e. The van der Waals surface area contributed by atoms with Crippen LogP contribution < -0.4 is 15.4 Å². The fourth-order valence-electron chi connectivity index (χ4n) is 1.88. The Hall–Kier alpha value is -1.67. The van der Waals surface area contributed by atoms with Crippen molar-refractivity contribution in [3.05, 3.63) is 50.6 Å². The number of nitrogens with zero attached hydrogens (tertiary/aromatic N) is 1. The molecule has 0 saturated carbocycles. The van der Waals surface area contributed by atoms with Gasteiger partial charge in [-0.05, 0) is 28.1 Å². The molecule has 23 heavy (non-hydrogen) atoms. The van der Waals surface area contributed by atoms with Crippen LogP contribution in [0, 0.1) is 0 Å². The van der Waals surface area contributed by atoms with Crippen LogP contribution in [0.15, 0.2) is 45.2 Å². The topological polar surface area (TPSA) is 45.7 Å². The van der Waals surface area contributed by atoms with Crippen molar-refractivity contribution in [3.8, 4) is 5.75 Å². The fraction of sp³-hybridized carbons (Fsp3) is 0.267. The number of hydrogen-bond acceptors (Lipinski definition) is 3. The predicted octanol–water partition coefficient (Wildman–Crippen LogP) is 3.98. The van der Waals surface area contributed by atoms with E-state index in [9.17, 15) is 8.78 Å². The van der Waals surface area contributed by atoms with Crippen molar-refractivity contribution in [1.29, 1.82) is 0 Å². The lowest BCUT2D eigenvalue weighted by molar-refractivity contribution is -0.0504. The van der Waals surface area contributed by atoms with E-state index >= 15 is 0 Å². The standard InChI is InChI=1S/C15H16BrF2N3OS/c1-19-15(21-8-12-6-11(16)9-23-12)20-7-10-4-2-3-5-13(10)22-14(17)18/h2-6,9,14H,7-8H2,1H3,(H2,19,20,21). The molecule has 0 fully saturated rings. The fourth-order valence-corrected chi connectivity index (χ4v) is 3.27. The maximum atomic E-state index is 12.4. The van der Waals surface area contributed by atoms with Crippen LogP contribution in [0.2, 0.25) is 0 Å². The van der Waals surface area contributed by atoms with Crippen molar-refractivity contribution in [2.24, 2.45) is 4.99 Å². The molecule has 0 atom stereocenters. The number of para-hydroxylation sites is 1. The van der Waals surface area contributed by atoms with Gasteiger partial charge >= 0.3 is 6.61 Å². The van der Waals surface area contributed by atoms with Crippen LogP contribution in [0.25, 0.3) is 0 Å². The number of rotatable bonds is 6. The molecule has 4 nitrogen and oxygen atoms in total. The van der Waals surface area contributed by atoms with Gasteiger partial charge in [-0.15, -0.1) is 11.3 Å². The van der Waals surface area contributed by atoms with Gasteiger partial charge < -0.3 is 15.4 Å². The molecule has 0 aliphatic carbocycles. The summed E-state index contributed by atoms with van der Waals surface area (Å²) in [6.45, 7) is -1.88. The van der Waals surface area contributed by atoms with Gasteiger partial charge in [0.2, 0.25) is 0 Å². The van der Waals surface area contributed by atoms with Gasteiger partial charge in [0.15, 0.2) is 5.96 Å². The second-order valence-electron chi connectivity index (χ2n) is 4.50. The number of ether oxygens (including phenoxy) is 1. The highest BCUT2D eigenvalue weighted by Gasteiger charge is 2.09. The van der Waals surface area contributed by atoms with E-state index in [-0.39, 0.29) is 5.75 Å². The Morgan fingerprint density at radius 3 is 2.70 bits per heavy atom. The second kappa shape index (κ2) is 8.83. The number of benzene rings is 1. The first-order valence-electron chi connectivity index (χ1n) is 6.78. The van der Waals surface area contributed by atoms with Gasteiger partial charge in [-0.25, -0.2) is 0 Å². The third kappa shape index (κ3) is 5.80. The highest BCUT2D eigenvalue weighted by atomic mass is 79.9. The molecule has 2 N–H and O–H groups in total. The molecule has 0 spiro atoms. The summed E-state index contributed by atoms with van der Waals surface area (Å²) < 4.78 is 30.3. The first-order chi connectivity index (χ1) is 11.1. The smallest absolute Gasteiger partial charge is 0.387 e. The lowest BCUT2D eigenvalue weighted by Crippen LogP contribution is -2.36. The van der Waals surface area contributed by atoms with Gasteiger partial charge in [0.1, 0.15) is 5.75 Å². The van der Waals surface area contributed by atoms with Crippen molar-refractivity contribution in [2.75, 3.05) is 7.05 Å². The van der Waals surface area contributed by atoms with Crippen LogP contribution in [0.5, 0.6) is 5.75 Å². The molecule has 0 saturated heterocycles. The molecule has 0 aliphatic rings.